The molecule has 0 spiro atoms. The molecule has 124 valence electrons. The number of aliphatic carboxylic acids is 1. The van der Waals surface area contributed by atoms with E-state index in [4.69, 9.17) is 4.74 Å². The molecule has 2 aromatic rings. The largest absolute Gasteiger partial charge is 0.484 e. The Morgan fingerprint density at radius 1 is 1.17 bits per heavy atom. The average Bonchev–Trinajstić information content (AvgIpc) is 3.00. The molecule has 24 heavy (non-hydrogen) atoms. The number of carbonyl (C=O) groups is 2. The van der Waals surface area contributed by atoms with Crippen molar-refractivity contribution < 1.29 is 19.4 Å². The van der Waals surface area contributed by atoms with E-state index in [1.54, 1.807) is 24.3 Å². The highest BCUT2D eigenvalue weighted by molar-refractivity contribution is 5.99. The Balaban J connectivity index is 1.70. The summed E-state index contributed by atoms with van der Waals surface area (Å²) in [6.07, 6.45) is 0.945. The molecule has 1 N–H and O–H groups in total. The second-order valence-corrected chi connectivity index (χ2v) is 5.74. The predicted molar refractivity (Wildman–Crippen MR) is 90.5 cm³/mol. The van der Waals surface area contributed by atoms with Gasteiger partial charge in [-0.25, -0.2) is 0 Å². The average molecular weight is 325 g/mol. The molecule has 5 nitrogen and oxygen atoms in total. The Labute approximate surface area is 140 Å². The van der Waals surface area contributed by atoms with Gasteiger partial charge in [0.25, 0.3) is 5.91 Å². The number of carbonyl (C=O) groups excluding carboxylic acids is 1. The molecule has 0 aromatic heterocycles. The van der Waals surface area contributed by atoms with Gasteiger partial charge in [0.2, 0.25) is 0 Å². The number of nitrogens with zero attached hydrogens (tertiary/aromatic N) is 1. The molecular formula is C19H19NO4. The third-order valence-electron chi connectivity index (χ3n) is 4.26. The van der Waals surface area contributed by atoms with Crippen molar-refractivity contribution in [1.29, 1.82) is 0 Å². The van der Waals surface area contributed by atoms with Crippen LogP contribution in [-0.2, 0) is 16.0 Å². The van der Waals surface area contributed by atoms with Crippen LogP contribution in [0.5, 0.6) is 5.75 Å². The number of fused-ring (bicyclic) bond motifs is 1. The van der Waals surface area contributed by atoms with Crippen LogP contribution in [0.4, 0.5) is 5.69 Å². The van der Waals surface area contributed by atoms with Crippen LogP contribution in [0.1, 0.15) is 24.0 Å². The highest BCUT2D eigenvalue weighted by Gasteiger charge is 2.36. The smallest absolute Gasteiger partial charge is 0.312 e. The SMILES string of the molecule is CCc1ccc(OCC(=O)N2CC(C(=O)O)c3ccccc32)cc1. The number of rotatable bonds is 5. The summed E-state index contributed by atoms with van der Waals surface area (Å²) in [5.74, 6) is -1.23. The van der Waals surface area contributed by atoms with Crippen LogP contribution in [0.3, 0.4) is 0 Å². The summed E-state index contributed by atoms with van der Waals surface area (Å²) in [5, 5.41) is 9.35. The van der Waals surface area contributed by atoms with Gasteiger partial charge in [0.1, 0.15) is 11.7 Å². The maximum absolute atomic E-state index is 12.5. The number of hydrogen-bond donors (Lipinski definition) is 1. The molecule has 1 aliphatic heterocycles. The number of carboxylic acids is 1. The first kappa shape index (κ1) is 16.1. The number of benzene rings is 2. The minimum atomic E-state index is -0.922. The molecule has 5 heteroatoms. The summed E-state index contributed by atoms with van der Waals surface area (Å²) >= 11 is 0. The summed E-state index contributed by atoms with van der Waals surface area (Å²) in [6.45, 7) is 2.10. The molecule has 1 amide bonds. The lowest BCUT2D eigenvalue weighted by Gasteiger charge is -2.17. The molecule has 0 fully saturated rings. The van der Waals surface area contributed by atoms with Crippen LogP contribution in [-0.4, -0.2) is 30.1 Å². The van der Waals surface area contributed by atoms with E-state index in [0.29, 0.717) is 17.0 Å². The van der Waals surface area contributed by atoms with Gasteiger partial charge in [-0.2, -0.15) is 0 Å². The van der Waals surface area contributed by atoms with Crippen molar-refractivity contribution in [2.75, 3.05) is 18.1 Å². The van der Waals surface area contributed by atoms with E-state index in [0.717, 1.165) is 6.42 Å². The molecule has 0 saturated carbocycles. The van der Waals surface area contributed by atoms with Gasteiger partial charge in [-0.1, -0.05) is 37.3 Å². The van der Waals surface area contributed by atoms with Gasteiger partial charge in [-0.15, -0.1) is 0 Å². The Morgan fingerprint density at radius 2 is 1.88 bits per heavy atom. The van der Waals surface area contributed by atoms with E-state index in [-0.39, 0.29) is 19.1 Å². The standard InChI is InChI=1S/C19H19NO4/c1-2-13-7-9-14(10-8-13)24-12-18(21)20-11-16(19(22)23)15-5-3-4-6-17(15)20/h3-10,16H,2,11-12H2,1H3,(H,22,23). The number of hydrogen-bond acceptors (Lipinski definition) is 3. The summed E-state index contributed by atoms with van der Waals surface area (Å²) in [4.78, 5) is 25.4. The van der Waals surface area contributed by atoms with Crippen LogP contribution in [0.2, 0.25) is 0 Å². The van der Waals surface area contributed by atoms with E-state index in [1.807, 2.05) is 24.3 Å². The summed E-state index contributed by atoms with van der Waals surface area (Å²) < 4.78 is 5.55. The van der Waals surface area contributed by atoms with E-state index >= 15 is 0 Å². The van der Waals surface area contributed by atoms with Gasteiger partial charge in [0.05, 0.1) is 0 Å². The fraction of sp³-hybridized carbons (Fsp3) is 0.263. The molecule has 1 aliphatic rings. The Kier molecular flexibility index (Phi) is 4.51. The Morgan fingerprint density at radius 3 is 2.54 bits per heavy atom. The number of amides is 1. The molecule has 2 aromatic carbocycles. The second kappa shape index (κ2) is 6.74. The lowest BCUT2D eigenvalue weighted by Crippen LogP contribution is -2.35. The first-order chi connectivity index (χ1) is 11.6. The van der Waals surface area contributed by atoms with Gasteiger partial charge < -0.3 is 14.7 Å². The molecule has 3 rings (SSSR count). The predicted octanol–water partition coefficient (Wildman–Crippen LogP) is 2.84. The maximum Gasteiger partial charge on any atom is 0.312 e. The minimum absolute atomic E-state index is 0.119. The van der Waals surface area contributed by atoms with E-state index < -0.39 is 11.9 Å². The summed E-state index contributed by atoms with van der Waals surface area (Å²) in [6, 6.07) is 14.7. The zero-order valence-corrected chi connectivity index (χ0v) is 13.4. The third-order valence-corrected chi connectivity index (χ3v) is 4.26. The highest BCUT2D eigenvalue weighted by atomic mass is 16.5. The van der Waals surface area contributed by atoms with Crippen molar-refractivity contribution in [3.8, 4) is 5.75 Å². The van der Waals surface area contributed by atoms with Gasteiger partial charge in [0, 0.05) is 12.2 Å². The lowest BCUT2D eigenvalue weighted by molar-refractivity contribution is -0.138. The van der Waals surface area contributed by atoms with E-state index in [9.17, 15) is 14.7 Å². The van der Waals surface area contributed by atoms with Crippen LogP contribution >= 0.6 is 0 Å². The van der Waals surface area contributed by atoms with Crippen LogP contribution < -0.4 is 9.64 Å². The lowest BCUT2D eigenvalue weighted by atomic mass is 10.0. The van der Waals surface area contributed by atoms with Crippen LogP contribution in [0.25, 0.3) is 0 Å². The highest BCUT2D eigenvalue weighted by Crippen LogP contribution is 2.36. The van der Waals surface area contributed by atoms with Crippen molar-refractivity contribution in [1.82, 2.24) is 0 Å². The van der Waals surface area contributed by atoms with E-state index in [2.05, 4.69) is 6.92 Å². The molecule has 0 radical (unpaired) electrons. The Hall–Kier alpha value is -2.82. The van der Waals surface area contributed by atoms with Gasteiger partial charge in [-0.3, -0.25) is 9.59 Å². The van der Waals surface area contributed by atoms with Crippen molar-refractivity contribution in [2.24, 2.45) is 0 Å². The van der Waals surface area contributed by atoms with Crippen molar-refractivity contribution in [3.05, 3.63) is 59.7 Å². The molecule has 0 aliphatic carbocycles. The minimum Gasteiger partial charge on any atom is -0.484 e. The quantitative estimate of drug-likeness (QED) is 0.918. The molecule has 1 atom stereocenters. The second-order valence-electron chi connectivity index (χ2n) is 5.74. The number of anilines is 1. The molecule has 0 bridgehead atoms. The Bertz CT molecular complexity index is 754. The molecule has 1 unspecified atom stereocenters. The first-order valence-electron chi connectivity index (χ1n) is 7.94. The molecular weight excluding hydrogens is 306 g/mol. The van der Waals surface area contributed by atoms with Gasteiger partial charge in [-0.05, 0) is 35.7 Å². The van der Waals surface area contributed by atoms with Gasteiger partial charge in [0.15, 0.2) is 6.61 Å². The van der Waals surface area contributed by atoms with Crippen molar-refractivity contribution in [2.45, 2.75) is 19.3 Å². The zero-order valence-electron chi connectivity index (χ0n) is 13.4. The number of para-hydroxylation sites is 1. The molecule has 1 heterocycles. The normalized spacial score (nSPS) is 15.9. The van der Waals surface area contributed by atoms with Crippen LogP contribution in [0.15, 0.2) is 48.5 Å². The zero-order chi connectivity index (χ0) is 17.1. The van der Waals surface area contributed by atoms with E-state index in [1.165, 1.54) is 10.5 Å². The van der Waals surface area contributed by atoms with Gasteiger partial charge >= 0.3 is 5.97 Å². The number of aryl methyl sites for hydroxylation is 1. The first-order valence-corrected chi connectivity index (χ1v) is 7.94. The number of carboxylic acid groups (broad SMARTS) is 1. The monoisotopic (exact) mass is 325 g/mol. The molecule has 0 saturated heterocycles. The maximum atomic E-state index is 12.5. The topological polar surface area (TPSA) is 66.8 Å². The fourth-order valence-electron chi connectivity index (χ4n) is 2.90. The number of ether oxygens (including phenoxy) is 1. The third kappa shape index (κ3) is 3.11. The summed E-state index contributed by atoms with van der Waals surface area (Å²) in [7, 11) is 0. The fourth-order valence-corrected chi connectivity index (χ4v) is 2.90. The van der Waals surface area contributed by atoms with Crippen molar-refractivity contribution >= 4 is 17.6 Å². The van der Waals surface area contributed by atoms with Crippen LogP contribution in [0, 0.1) is 0 Å². The summed E-state index contributed by atoms with van der Waals surface area (Å²) in [5.41, 5.74) is 2.52. The van der Waals surface area contributed by atoms with Crippen molar-refractivity contribution in [3.63, 3.8) is 0 Å².